The fourth-order valence-electron chi connectivity index (χ4n) is 2.99. The van der Waals surface area contributed by atoms with Gasteiger partial charge in [-0.25, -0.2) is 4.39 Å². The Balaban J connectivity index is 1.75. The lowest BCUT2D eigenvalue weighted by Crippen LogP contribution is -2.23. The van der Waals surface area contributed by atoms with Crippen LogP contribution in [0.3, 0.4) is 0 Å². The fraction of sp³-hybridized carbons (Fsp3) is 0.261. The predicted octanol–water partition coefficient (Wildman–Crippen LogP) is 5.21. The van der Waals surface area contributed by atoms with Crippen molar-refractivity contribution in [2.75, 3.05) is 0 Å². The summed E-state index contributed by atoms with van der Waals surface area (Å²) in [6.07, 6.45) is 3.77. The van der Waals surface area contributed by atoms with Crippen molar-refractivity contribution >= 4 is 0 Å². The topological polar surface area (TPSA) is 25.4 Å². The lowest BCUT2D eigenvalue weighted by molar-refractivity contribution is 0.239. The first-order valence-corrected chi connectivity index (χ1v) is 9.20. The summed E-state index contributed by atoms with van der Waals surface area (Å²) in [4.78, 5) is 6.41. The van der Waals surface area contributed by atoms with Crippen LogP contribution in [0.25, 0.3) is 0 Å². The average molecular weight is 364 g/mol. The number of halogens is 1. The van der Waals surface area contributed by atoms with E-state index in [1.54, 1.807) is 12.3 Å². The molecule has 0 amide bonds. The maximum Gasteiger partial charge on any atom is 0.127 e. The molecule has 0 bridgehead atoms. The third kappa shape index (κ3) is 5.90. The molecule has 0 spiro atoms. The molecule has 0 N–H and O–H groups in total. The van der Waals surface area contributed by atoms with Crippen LogP contribution in [0, 0.1) is 5.82 Å². The van der Waals surface area contributed by atoms with Crippen LogP contribution in [0.1, 0.15) is 30.5 Å². The van der Waals surface area contributed by atoms with Gasteiger partial charge in [0.15, 0.2) is 0 Å². The van der Waals surface area contributed by atoms with Crippen molar-refractivity contribution in [1.29, 1.82) is 0 Å². The Morgan fingerprint density at radius 1 is 0.889 bits per heavy atom. The third-order valence-electron chi connectivity index (χ3n) is 4.18. The van der Waals surface area contributed by atoms with E-state index >= 15 is 0 Å². The first kappa shape index (κ1) is 19.1. The van der Waals surface area contributed by atoms with Crippen molar-refractivity contribution in [3.8, 4) is 5.75 Å². The monoisotopic (exact) mass is 364 g/mol. The zero-order valence-electron chi connectivity index (χ0n) is 15.8. The van der Waals surface area contributed by atoms with Gasteiger partial charge in [0.25, 0.3) is 0 Å². The van der Waals surface area contributed by atoms with Gasteiger partial charge < -0.3 is 4.74 Å². The van der Waals surface area contributed by atoms with E-state index in [1.807, 2.05) is 56.4 Å². The summed E-state index contributed by atoms with van der Waals surface area (Å²) in [6.45, 7) is 5.97. The minimum absolute atomic E-state index is 0.152. The SMILES string of the molecule is CC(C)Oc1ccc(CN(Cc2cccnc2)Cc2ccccc2F)cc1. The highest BCUT2D eigenvalue weighted by Gasteiger charge is 2.11. The van der Waals surface area contributed by atoms with Crippen LogP contribution in [0.5, 0.6) is 5.75 Å². The second-order valence-electron chi connectivity index (χ2n) is 6.91. The number of aromatic nitrogens is 1. The molecule has 0 aliphatic heterocycles. The smallest absolute Gasteiger partial charge is 0.127 e. The molecule has 0 aliphatic carbocycles. The quantitative estimate of drug-likeness (QED) is 0.549. The standard InChI is InChI=1S/C23H25FN2O/c1-18(2)27-22-11-9-19(10-12-22)15-26(16-20-6-5-13-25-14-20)17-21-7-3-4-8-23(21)24/h3-14,18H,15-17H2,1-2H3. The lowest BCUT2D eigenvalue weighted by atomic mass is 10.1. The van der Waals surface area contributed by atoms with Gasteiger partial charge in [-0.15, -0.1) is 0 Å². The van der Waals surface area contributed by atoms with Crippen LogP contribution in [-0.2, 0) is 19.6 Å². The summed E-state index contributed by atoms with van der Waals surface area (Å²) in [6, 6.07) is 19.0. The van der Waals surface area contributed by atoms with Crippen molar-refractivity contribution in [3.63, 3.8) is 0 Å². The Morgan fingerprint density at radius 2 is 1.63 bits per heavy atom. The van der Waals surface area contributed by atoms with Crippen LogP contribution in [0.2, 0.25) is 0 Å². The minimum atomic E-state index is -0.172. The fourth-order valence-corrected chi connectivity index (χ4v) is 2.99. The van der Waals surface area contributed by atoms with E-state index in [1.165, 1.54) is 6.07 Å². The first-order valence-electron chi connectivity index (χ1n) is 9.20. The highest BCUT2D eigenvalue weighted by molar-refractivity contribution is 5.28. The maximum absolute atomic E-state index is 14.1. The molecule has 0 saturated heterocycles. The van der Waals surface area contributed by atoms with Crippen molar-refractivity contribution in [3.05, 3.63) is 95.6 Å². The zero-order valence-corrected chi connectivity index (χ0v) is 15.8. The van der Waals surface area contributed by atoms with Crippen molar-refractivity contribution in [2.24, 2.45) is 0 Å². The summed E-state index contributed by atoms with van der Waals surface area (Å²) in [7, 11) is 0. The maximum atomic E-state index is 14.1. The number of nitrogens with zero attached hydrogens (tertiary/aromatic N) is 2. The normalized spacial score (nSPS) is 11.1. The lowest BCUT2D eigenvalue weighted by Gasteiger charge is -2.23. The summed E-state index contributed by atoms with van der Waals surface area (Å²) in [5, 5.41) is 0. The van der Waals surface area contributed by atoms with Gasteiger partial charge in [0.05, 0.1) is 6.10 Å². The van der Waals surface area contributed by atoms with Crippen molar-refractivity contribution < 1.29 is 9.13 Å². The Kier molecular flexibility index (Phi) is 6.55. The van der Waals surface area contributed by atoms with E-state index in [0.29, 0.717) is 25.2 Å². The van der Waals surface area contributed by atoms with Gasteiger partial charge in [0.1, 0.15) is 11.6 Å². The van der Waals surface area contributed by atoms with E-state index in [9.17, 15) is 4.39 Å². The van der Waals surface area contributed by atoms with E-state index in [2.05, 4.69) is 22.0 Å². The molecule has 0 aliphatic rings. The van der Waals surface area contributed by atoms with Gasteiger partial charge in [-0.3, -0.25) is 9.88 Å². The molecule has 0 unspecified atom stereocenters. The number of ether oxygens (including phenoxy) is 1. The number of rotatable bonds is 8. The number of hydrogen-bond acceptors (Lipinski definition) is 3. The Hall–Kier alpha value is -2.72. The summed E-state index contributed by atoms with van der Waals surface area (Å²) in [5.41, 5.74) is 2.96. The second kappa shape index (κ2) is 9.28. The molecule has 0 saturated carbocycles. The summed E-state index contributed by atoms with van der Waals surface area (Å²) in [5.74, 6) is 0.691. The average Bonchev–Trinajstić information content (AvgIpc) is 2.65. The Labute approximate surface area is 160 Å². The van der Waals surface area contributed by atoms with E-state index < -0.39 is 0 Å². The van der Waals surface area contributed by atoms with Crippen LogP contribution in [-0.4, -0.2) is 16.0 Å². The van der Waals surface area contributed by atoms with Gasteiger partial charge in [-0.1, -0.05) is 36.4 Å². The van der Waals surface area contributed by atoms with E-state index in [0.717, 1.165) is 16.9 Å². The molecular weight excluding hydrogens is 339 g/mol. The molecule has 4 heteroatoms. The Bertz CT molecular complexity index is 835. The number of benzene rings is 2. The van der Waals surface area contributed by atoms with Crippen LogP contribution in [0.4, 0.5) is 4.39 Å². The van der Waals surface area contributed by atoms with Crippen molar-refractivity contribution in [1.82, 2.24) is 9.88 Å². The molecule has 1 aromatic heterocycles. The third-order valence-corrected chi connectivity index (χ3v) is 4.18. The largest absolute Gasteiger partial charge is 0.491 e. The molecule has 3 rings (SSSR count). The molecule has 3 nitrogen and oxygen atoms in total. The minimum Gasteiger partial charge on any atom is -0.491 e. The first-order chi connectivity index (χ1) is 13.1. The molecule has 0 fully saturated rings. The molecule has 0 radical (unpaired) electrons. The van der Waals surface area contributed by atoms with Crippen LogP contribution >= 0.6 is 0 Å². The van der Waals surface area contributed by atoms with E-state index in [4.69, 9.17) is 4.74 Å². The molecular formula is C23H25FN2O. The van der Waals surface area contributed by atoms with Gasteiger partial charge >= 0.3 is 0 Å². The predicted molar refractivity (Wildman–Crippen MR) is 106 cm³/mol. The van der Waals surface area contributed by atoms with E-state index in [-0.39, 0.29) is 11.9 Å². The van der Waals surface area contributed by atoms with Gasteiger partial charge in [-0.05, 0) is 49.2 Å². The molecule has 27 heavy (non-hydrogen) atoms. The van der Waals surface area contributed by atoms with Crippen LogP contribution in [0.15, 0.2) is 73.1 Å². The van der Waals surface area contributed by atoms with Crippen molar-refractivity contribution in [2.45, 2.75) is 39.6 Å². The van der Waals surface area contributed by atoms with Gasteiger partial charge in [0, 0.05) is 37.6 Å². The number of hydrogen-bond donors (Lipinski definition) is 0. The zero-order chi connectivity index (χ0) is 19.1. The highest BCUT2D eigenvalue weighted by atomic mass is 19.1. The van der Waals surface area contributed by atoms with Gasteiger partial charge in [-0.2, -0.15) is 0 Å². The summed E-state index contributed by atoms with van der Waals surface area (Å²) < 4.78 is 19.9. The van der Waals surface area contributed by atoms with Gasteiger partial charge in [0.2, 0.25) is 0 Å². The highest BCUT2D eigenvalue weighted by Crippen LogP contribution is 2.18. The second-order valence-corrected chi connectivity index (χ2v) is 6.91. The Morgan fingerprint density at radius 3 is 2.30 bits per heavy atom. The molecule has 0 atom stereocenters. The molecule has 140 valence electrons. The summed E-state index contributed by atoms with van der Waals surface area (Å²) >= 11 is 0. The molecule has 2 aromatic carbocycles. The van der Waals surface area contributed by atoms with Crippen LogP contribution < -0.4 is 4.74 Å². The molecule has 1 heterocycles. The number of pyridine rings is 1. The molecule has 3 aromatic rings.